The van der Waals surface area contributed by atoms with Gasteiger partial charge in [-0.3, -0.25) is 0 Å². The van der Waals surface area contributed by atoms with Crippen LogP contribution in [0.15, 0.2) is 182 Å². The van der Waals surface area contributed by atoms with Crippen LogP contribution in [0.25, 0.3) is 60.5 Å². The SMILES string of the molecule is CC1CC2CC(C)C3(c4ccccc4-c4cc(-c5ccc(N(c6ccc7ccccc7c6)c6ccc7c8ccccc8n(-c8ccccc8)c7c6)cc5)ccc43)C(C1)C2. The Bertz CT molecular complexity index is 3060. The summed E-state index contributed by atoms with van der Waals surface area (Å²) < 4.78 is 2.41. The average molecular weight is 761 g/mol. The molecule has 3 aliphatic carbocycles. The van der Waals surface area contributed by atoms with Crippen molar-refractivity contribution in [2.75, 3.05) is 4.90 Å². The van der Waals surface area contributed by atoms with Crippen molar-refractivity contribution in [1.82, 2.24) is 4.57 Å². The number of rotatable bonds is 5. The van der Waals surface area contributed by atoms with Crippen molar-refractivity contribution in [1.29, 1.82) is 0 Å². The first-order chi connectivity index (χ1) is 29.0. The molecule has 286 valence electrons. The molecule has 0 saturated heterocycles. The van der Waals surface area contributed by atoms with Gasteiger partial charge in [-0.05, 0) is 154 Å². The number of para-hydroxylation sites is 2. The van der Waals surface area contributed by atoms with E-state index in [4.69, 9.17) is 0 Å². The zero-order chi connectivity index (χ0) is 39.2. The van der Waals surface area contributed by atoms with E-state index >= 15 is 0 Å². The van der Waals surface area contributed by atoms with Crippen molar-refractivity contribution in [2.24, 2.45) is 23.7 Å². The molecular weight excluding hydrogens is 713 g/mol. The second-order valence-corrected chi connectivity index (χ2v) is 18.0. The molecule has 5 atom stereocenters. The van der Waals surface area contributed by atoms with Gasteiger partial charge in [0.05, 0.1) is 11.0 Å². The lowest BCUT2D eigenvalue weighted by Crippen LogP contribution is -2.49. The van der Waals surface area contributed by atoms with E-state index < -0.39 is 0 Å². The van der Waals surface area contributed by atoms with Crippen LogP contribution < -0.4 is 4.90 Å². The van der Waals surface area contributed by atoms with Crippen molar-refractivity contribution < 1.29 is 0 Å². The smallest absolute Gasteiger partial charge is 0.0561 e. The Hall–Kier alpha value is -6.38. The fraction of sp³-hybridized carbons (Fsp3) is 0.193. The second-order valence-electron chi connectivity index (χ2n) is 18.0. The van der Waals surface area contributed by atoms with Crippen molar-refractivity contribution in [3.05, 3.63) is 193 Å². The van der Waals surface area contributed by atoms with Gasteiger partial charge >= 0.3 is 0 Å². The van der Waals surface area contributed by atoms with Crippen LogP contribution in [0.5, 0.6) is 0 Å². The maximum absolute atomic E-state index is 2.56. The summed E-state index contributed by atoms with van der Waals surface area (Å²) in [7, 11) is 0. The van der Waals surface area contributed by atoms with E-state index in [0.29, 0.717) is 11.8 Å². The number of hydrogen-bond acceptors (Lipinski definition) is 1. The Labute approximate surface area is 347 Å². The van der Waals surface area contributed by atoms with Gasteiger partial charge in [0.2, 0.25) is 0 Å². The molecule has 2 saturated carbocycles. The second kappa shape index (κ2) is 13.3. The maximum Gasteiger partial charge on any atom is 0.0561 e. The summed E-state index contributed by atoms with van der Waals surface area (Å²) in [6.07, 6.45) is 5.46. The first-order valence-corrected chi connectivity index (χ1v) is 21.8. The molecule has 12 rings (SSSR count). The molecule has 8 aromatic carbocycles. The quantitative estimate of drug-likeness (QED) is 0.170. The molecule has 0 aliphatic heterocycles. The number of aromatic nitrogens is 1. The Balaban J connectivity index is 0.982. The van der Waals surface area contributed by atoms with Crippen LogP contribution in [0.1, 0.15) is 50.7 Å². The number of anilines is 3. The molecule has 2 heteroatoms. The maximum atomic E-state index is 2.56. The minimum atomic E-state index is 0.118. The summed E-state index contributed by atoms with van der Waals surface area (Å²) in [6, 6.07) is 68.2. The molecule has 2 bridgehead atoms. The third kappa shape index (κ3) is 5.25. The molecule has 0 radical (unpaired) electrons. The molecule has 0 N–H and O–H groups in total. The van der Waals surface area contributed by atoms with Gasteiger partial charge in [-0.1, -0.05) is 135 Å². The van der Waals surface area contributed by atoms with Gasteiger partial charge in [0.1, 0.15) is 0 Å². The van der Waals surface area contributed by atoms with Gasteiger partial charge in [0.15, 0.2) is 0 Å². The molecule has 59 heavy (non-hydrogen) atoms. The molecule has 1 aromatic heterocycles. The molecule has 5 unspecified atom stereocenters. The van der Waals surface area contributed by atoms with Crippen molar-refractivity contribution in [2.45, 2.75) is 44.9 Å². The number of nitrogens with zero attached hydrogens (tertiary/aromatic N) is 2. The van der Waals surface area contributed by atoms with Crippen LogP contribution in [0.3, 0.4) is 0 Å². The Morgan fingerprint density at radius 2 is 1.15 bits per heavy atom. The van der Waals surface area contributed by atoms with Gasteiger partial charge in [0, 0.05) is 38.9 Å². The first-order valence-electron chi connectivity index (χ1n) is 21.8. The highest BCUT2D eigenvalue weighted by Crippen LogP contribution is 2.64. The zero-order valence-corrected chi connectivity index (χ0v) is 33.9. The van der Waals surface area contributed by atoms with E-state index in [2.05, 4.69) is 205 Å². The predicted molar refractivity (Wildman–Crippen MR) is 248 cm³/mol. The van der Waals surface area contributed by atoms with Crippen LogP contribution in [0.4, 0.5) is 17.1 Å². The average Bonchev–Trinajstić information content (AvgIpc) is 3.76. The molecule has 9 aromatic rings. The summed E-state index contributed by atoms with van der Waals surface area (Å²) in [5.41, 5.74) is 15.7. The van der Waals surface area contributed by atoms with E-state index in [1.807, 2.05) is 0 Å². The molecule has 3 aliphatic rings. The summed E-state index contributed by atoms with van der Waals surface area (Å²) in [4.78, 5) is 2.42. The Morgan fingerprint density at radius 3 is 2.03 bits per heavy atom. The lowest BCUT2D eigenvalue weighted by Gasteiger charge is -2.54. The van der Waals surface area contributed by atoms with Crippen LogP contribution in [-0.4, -0.2) is 4.57 Å². The minimum Gasteiger partial charge on any atom is -0.310 e. The van der Waals surface area contributed by atoms with E-state index in [1.165, 1.54) is 80.5 Å². The summed E-state index contributed by atoms with van der Waals surface area (Å²) in [5.74, 6) is 3.04. The van der Waals surface area contributed by atoms with Crippen LogP contribution in [0.2, 0.25) is 0 Å². The summed E-state index contributed by atoms with van der Waals surface area (Å²) in [5, 5.41) is 4.99. The fourth-order valence-corrected chi connectivity index (χ4v) is 12.4. The van der Waals surface area contributed by atoms with Gasteiger partial charge < -0.3 is 9.47 Å². The van der Waals surface area contributed by atoms with Crippen molar-refractivity contribution in [3.63, 3.8) is 0 Å². The molecular formula is C57H48N2. The fourth-order valence-electron chi connectivity index (χ4n) is 12.4. The number of fused-ring (bicyclic) bond motifs is 12. The lowest BCUT2D eigenvalue weighted by atomic mass is 9.49. The normalized spacial score (nSPS) is 21.9. The van der Waals surface area contributed by atoms with E-state index in [1.54, 1.807) is 11.1 Å². The van der Waals surface area contributed by atoms with Crippen LogP contribution >= 0.6 is 0 Å². The molecule has 2 fully saturated rings. The van der Waals surface area contributed by atoms with Crippen LogP contribution in [0, 0.1) is 23.7 Å². The standard InChI is InChI=1S/C57H48N2/c1-37-30-39-32-38(2)57(44(31-37)33-39)53-18-10-8-16-49(53)52-35-43(23-29-54(52)57)41-20-24-46(25-21-41)58(47-26-22-40-12-6-7-13-42(40)34-47)48-27-28-51-50-17-9-11-19-55(50)59(56(51)36-48)45-14-4-3-5-15-45/h3-29,34-39,44H,30-33H2,1-2H3. The monoisotopic (exact) mass is 760 g/mol. The van der Waals surface area contributed by atoms with E-state index in [9.17, 15) is 0 Å². The van der Waals surface area contributed by atoms with Crippen molar-refractivity contribution >= 4 is 49.6 Å². The molecule has 2 nitrogen and oxygen atoms in total. The van der Waals surface area contributed by atoms with Gasteiger partial charge in [-0.15, -0.1) is 0 Å². The van der Waals surface area contributed by atoms with Crippen molar-refractivity contribution in [3.8, 4) is 27.9 Å². The highest BCUT2D eigenvalue weighted by Gasteiger charge is 2.56. The van der Waals surface area contributed by atoms with Gasteiger partial charge in [0.25, 0.3) is 0 Å². The van der Waals surface area contributed by atoms with E-state index in [-0.39, 0.29) is 5.41 Å². The third-order valence-corrected chi connectivity index (χ3v) is 14.7. The first kappa shape index (κ1) is 34.6. The largest absolute Gasteiger partial charge is 0.310 e. The zero-order valence-electron chi connectivity index (χ0n) is 33.9. The topological polar surface area (TPSA) is 8.17 Å². The Morgan fingerprint density at radius 1 is 0.475 bits per heavy atom. The minimum absolute atomic E-state index is 0.118. The van der Waals surface area contributed by atoms with Gasteiger partial charge in [-0.2, -0.15) is 0 Å². The summed E-state index contributed by atoms with van der Waals surface area (Å²) >= 11 is 0. The van der Waals surface area contributed by atoms with E-state index in [0.717, 1.165) is 34.6 Å². The molecule has 1 spiro atoms. The predicted octanol–water partition coefficient (Wildman–Crippen LogP) is 15.4. The summed E-state index contributed by atoms with van der Waals surface area (Å²) in [6.45, 7) is 5.06. The third-order valence-electron chi connectivity index (χ3n) is 14.7. The highest BCUT2D eigenvalue weighted by molar-refractivity contribution is 6.10. The van der Waals surface area contributed by atoms with Crippen LogP contribution in [-0.2, 0) is 5.41 Å². The molecule has 0 amide bonds. The number of hydrogen-bond donors (Lipinski definition) is 0. The Kier molecular flexibility index (Phi) is 7.83. The lowest BCUT2D eigenvalue weighted by molar-refractivity contribution is 0.0426. The molecule has 1 heterocycles. The highest BCUT2D eigenvalue weighted by atomic mass is 15.1. The number of benzene rings is 8. The van der Waals surface area contributed by atoms with Gasteiger partial charge in [-0.25, -0.2) is 0 Å².